The number of carbonyl (C=O) groups is 1. The zero-order valence-corrected chi connectivity index (χ0v) is 15.6. The number of hydrogen-bond acceptors (Lipinski definition) is 3. The number of aromatic nitrogens is 2. The van der Waals surface area contributed by atoms with E-state index in [1.807, 2.05) is 12.1 Å². The van der Waals surface area contributed by atoms with E-state index < -0.39 is 0 Å². The van der Waals surface area contributed by atoms with Gasteiger partial charge in [-0.25, -0.2) is 0 Å². The molecule has 4 nitrogen and oxygen atoms in total. The molecule has 0 saturated carbocycles. The maximum atomic E-state index is 11.8. The summed E-state index contributed by atoms with van der Waals surface area (Å²) in [6.45, 7) is 4.04. The molecule has 1 aliphatic rings. The van der Waals surface area contributed by atoms with Crippen molar-refractivity contribution >= 4 is 5.91 Å². The maximum Gasteiger partial charge on any atom is 0.222 e. The van der Waals surface area contributed by atoms with Crippen molar-refractivity contribution in [2.75, 3.05) is 6.54 Å². The summed E-state index contributed by atoms with van der Waals surface area (Å²) < 4.78 is 0. The summed E-state index contributed by atoms with van der Waals surface area (Å²) in [4.78, 5) is 20.7. The zero-order chi connectivity index (χ0) is 13.9. The summed E-state index contributed by atoms with van der Waals surface area (Å²) in [5, 5.41) is 2.73. The molecule has 22 heavy (non-hydrogen) atoms. The molecule has 0 aliphatic heterocycles. The van der Waals surface area contributed by atoms with Gasteiger partial charge < -0.3 is 19.7 Å². The van der Waals surface area contributed by atoms with E-state index in [1.54, 1.807) is 12.4 Å². The van der Waals surface area contributed by atoms with Crippen molar-refractivity contribution in [2.45, 2.75) is 19.3 Å². The van der Waals surface area contributed by atoms with Gasteiger partial charge >= 0.3 is 0 Å². The van der Waals surface area contributed by atoms with Gasteiger partial charge in [0.15, 0.2) is 0 Å². The number of fused-ring (bicyclic) bond motifs is 3. The van der Waals surface area contributed by atoms with Crippen LogP contribution in [0, 0.1) is 14.4 Å². The predicted molar refractivity (Wildman–Crippen MR) is 83.4 cm³/mol. The minimum atomic E-state index is 0. The first-order chi connectivity index (χ1) is 9.79. The van der Waals surface area contributed by atoms with Crippen LogP contribution in [0.25, 0.3) is 11.4 Å². The SMILES string of the molecule is [CH2-]CNC(=O)Cc1ccnc2c1CCc1cccnc1-2.[CH3-].[Y]. The van der Waals surface area contributed by atoms with E-state index in [0.29, 0.717) is 13.0 Å². The van der Waals surface area contributed by atoms with Gasteiger partial charge in [-0.1, -0.05) is 6.07 Å². The van der Waals surface area contributed by atoms with Crippen LogP contribution in [0.3, 0.4) is 0 Å². The minimum Gasteiger partial charge on any atom is -0.386 e. The number of nitrogens with one attached hydrogen (secondary N) is 1. The largest absolute Gasteiger partial charge is 0.386 e. The molecule has 0 saturated heterocycles. The van der Waals surface area contributed by atoms with E-state index in [1.165, 1.54) is 5.56 Å². The van der Waals surface area contributed by atoms with Crippen molar-refractivity contribution in [3.05, 3.63) is 61.6 Å². The molecule has 2 aromatic heterocycles. The number of aryl methyl sites for hydroxylation is 1. The van der Waals surface area contributed by atoms with Crippen LogP contribution in [0.15, 0.2) is 30.6 Å². The van der Waals surface area contributed by atoms with Crippen LogP contribution >= 0.6 is 0 Å². The third kappa shape index (κ3) is 3.79. The van der Waals surface area contributed by atoms with Crippen LogP contribution in [0.1, 0.15) is 16.7 Å². The van der Waals surface area contributed by atoms with Gasteiger partial charge in [-0.2, -0.15) is 0 Å². The predicted octanol–water partition coefficient (Wildman–Crippen LogP) is 2.18. The monoisotopic (exact) mass is 370 g/mol. The summed E-state index contributed by atoms with van der Waals surface area (Å²) in [5.74, 6) is 0.000202. The standard InChI is InChI=1S/C16H16N3O.CH3.Y/c1-2-17-14(20)10-12-7-9-19-16-13(12)6-5-11-4-3-8-18-15(11)16;;/h3-4,7-9H,1-2,5-6,10H2,(H,17,20);1H3;/q2*-1;. The average molecular weight is 370 g/mol. The Bertz CT molecular complexity index is 658. The second-order valence-electron chi connectivity index (χ2n) is 4.84. The summed E-state index contributed by atoms with van der Waals surface area (Å²) in [5.41, 5.74) is 5.29. The van der Waals surface area contributed by atoms with Gasteiger partial charge in [0.1, 0.15) is 0 Å². The Morgan fingerprint density at radius 2 is 1.95 bits per heavy atom. The van der Waals surface area contributed by atoms with E-state index in [4.69, 9.17) is 0 Å². The molecule has 0 bridgehead atoms. The van der Waals surface area contributed by atoms with E-state index in [2.05, 4.69) is 28.3 Å². The van der Waals surface area contributed by atoms with Crippen LogP contribution in [-0.2, 0) is 56.8 Å². The number of carbonyl (C=O) groups excluding carboxylic acids is 1. The molecule has 2 heterocycles. The Balaban J connectivity index is 0.00000121. The van der Waals surface area contributed by atoms with Gasteiger partial charge in [-0.05, 0) is 41.7 Å². The van der Waals surface area contributed by atoms with Gasteiger partial charge in [0.05, 0.1) is 17.8 Å². The summed E-state index contributed by atoms with van der Waals surface area (Å²) in [7, 11) is 0. The van der Waals surface area contributed by atoms with Gasteiger partial charge in [0.2, 0.25) is 5.91 Å². The van der Waals surface area contributed by atoms with Gasteiger partial charge in [-0.15, -0.1) is 6.54 Å². The number of pyridine rings is 2. The molecule has 0 atom stereocenters. The quantitative estimate of drug-likeness (QED) is 0.843. The van der Waals surface area contributed by atoms with Crippen molar-refractivity contribution in [1.82, 2.24) is 15.3 Å². The summed E-state index contributed by atoms with van der Waals surface area (Å²) in [6, 6.07) is 5.97. The van der Waals surface area contributed by atoms with Crippen molar-refractivity contribution in [2.24, 2.45) is 0 Å². The molecule has 1 amide bonds. The Morgan fingerprint density at radius 3 is 2.73 bits per heavy atom. The first-order valence-corrected chi connectivity index (χ1v) is 6.76. The molecule has 3 rings (SSSR count). The van der Waals surface area contributed by atoms with E-state index in [9.17, 15) is 4.79 Å². The molecule has 1 radical (unpaired) electrons. The third-order valence-corrected chi connectivity index (χ3v) is 3.59. The molecule has 0 fully saturated rings. The van der Waals surface area contributed by atoms with Gasteiger partial charge in [0, 0.05) is 45.1 Å². The number of amides is 1. The average Bonchev–Trinajstić information content (AvgIpc) is 2.47. The third-order valence-electron chi connectivity index (χ3n) is 3.59. The molecule has 0 unspecified atom stereocenters. The molecule has 0 spiro atoms. The Hall–Kier alpha value is -1.13. The number of rotatable bonds is 3. The Labute approximate surface area is 157 Å². The molecule has 5 heteroatoms. The minimum absolute atomic E-state index is 0. The second kappa shape index (κ2) is 8.49. The molecule has 1 aliphatic carbocycles. The smallest absolute Gasteiger partial charge is 0.222 e. The van der Waals surface area contributed by atoms with Crippen LogP contribution in [0.2, 0.25) is 0 Å². The molecule has 113 valence electrons. The maximum absolute atomic E-state index is 11.8. The molecule has 0 aromatic carbocycles. The van der Waals surface area contributed by atoms with E-state index in [-0.39, 0.29) is 46.0 Å². The topological polar surface area (TPSA) is 54.9 Å². The zero-order valence-electron chi connectivity index (χ0n) is 12.8. The van der Waals surface area contributed by atoms with Crippen molar-refractivity contribution in [3.8, 4) is 11.4 Å². The molecular formula is C17H19N3OY-2. The summed E-state index contributed by atoms with van der Waals surface area (Å²) >= 11 is 0. The fourth-order valence-electron chi connectivity index (χ4n) is 2.67. The number of nitrogens with zero attached hydrogens (tertiary/aromatic N) is 2. The first kappa shape index (κ1) is 18.9. The normalized spacial score (nSPS) is 11.3. The molecule has 1 N–H and O–H groups in total. The van der Waals surface area contributed by atoms with Gasteiger partial charge in [-0.3, -0.25) is 14.8 Å². The number of hydrogen-bond donors (Lipinski definition) is 1. The Morgan fingerprint density at radius 1 is 1.18 bits per heavy atom. The van der Waals surface area contributed by atoms with Crippen molar-refractivity contribution < 1.29 is 37.5 Å². The van der Waals surface area contributed by atoms with Gasteiger partial charge in [0.25, 0.3) is 0 Å². The van der Waals surface area contributed by atoms with E-state index in [0.717, 1.165) is 35.4 Å². The van der Waals surface area contributed by atoms with Crippen molar-refractivity contribution in [3.63, 3.8) is 0 Å². The Kier molecular flexibility index (Phi) is 7.30. The van der Waals surface area contributed by atoms with Crippen molar-refractivity contribution in [1.29, 1.82) is 0 Å². The first-order valence-electron chi connectivity index (χ1n) is 6.76. The van der Waals surface area contributed by atoms with Crippen LogP contribution < -0.4 is 5.32 Å². The van der Waals surface area contributed by atoms with E-state index >= 15 is 0 Å². The van der Waals surface area contributed by atoms with Crippen LogP contribution in [0.5, 0.6) is 0 Å². The summed E-state index contributed by atoms with van der Waals surface area (Å²) in [6.07, 6.45) is 5.79. The second-order valence-corrected chi connectivity index (χ2v) is 4.84. The van der Waals surface area contributed by atoms with Crippen LogP contribution in [-0.4, -0.2) is 22.4 Å². The molecular weight excluding hydrogens is 351 g/mol. The fraction of sp³-hybridized carbons (Fsp3) is 0.235. The molecule has 2 aromatic rings. The van der Waals surface area contributed by atoms with Crippen LogP contribution in [0.4, 0.5) is 0 Å². The fourth-order valence-corrected chi connectivity index (χ4v) is 2.67.